The number of rotatable bonds is 5. The van der Waals surface area contributed by atoms with Crippen LogP contribution in [0.5, 0.6) is 0 Å². The first-order valence-corrected chi connectivity index (χ1v) is 12.7. The van der Waals surface area contributed by atoms with E-state index in [9.17, 15) is 4.79 Å². The number of hydrogen-bond donors (Lipinski definition) is 1. The first kappa shape index (κ1) is 21.9. The highest BCUT2D eigenvalue weighted by Gasteiger charge is 2.34. The van der Waals surface area contributed by atoms with Gasteiger partial charge in [-0.3, -0.25) is 9.69 Å². The summed E-state index contributed by atoms with van der Waals surface area (Å²) in [5, 5.41) is 14.4. The fourth-order valence-electron chi connectivity index (χ4n) is 6.08. The fraction of sp³-hybridized carbons (Fsp3) is 0.429. The minimum Gasteiger partial charge on any atom is -0.481 e. The molecule has 0 unspecified atom stereocenters. The smallest absolute Gasteiger partial charge is 0.309 e. The summed E-state index contributed by atoms with van der Waals surface area (Å²) >= 11 is 6.06. The summed E-state index contributed by atoms with van der Waals surface area (Å²) in [7, 11) is 0. The summed E-state index contributed by atoms with van der Waals surface area (Å²) < 4.78 is 5.99. The van der Waals surface area contributed by atoms with E-state index in [0.29, 0.717) is 24.9 Å². The highest BCUT2D eigenvalue weighted by atomic mass is 35.5. The van der Waals surface area contributed by atoms with E-state index in [2.05, 4.69) is 40.4 Å². The molecule has 0 amide bonds. The van der Waals surface area contributed by atoms with E-state index in [0.717, 1.165) is 48.7 Å². The zero-order valence-corrected chi connectivity index (χ0v) is 19.9. The van der Waals surface area contributed by atoms with Crippen molar-refractivity contribution in [3.8, 4) is 11.3 Å². The lowest BCUT2D eigenvalue weighted by atomic mass is 9.76. The third-order valence-electron chi connectivity index (χ3n) is 8.04. The molecule has 0 atom stereocenters. The van der Waals surface area contributed by atoms with Crippen molar-refractivity contribution in [1.82, 2.24) is 10.1 Å². The lowest BCUT2D eigenvalue weighted by molar-refractivity contribution is -0.147. The molecule has 3 aromatic rings. The summed E-state index contributed by atoms with van der Waals surface area (Å²) in [4.78, 5) is 13.2. The Morgan fingerprint density at radius 2 is 1.76 bits per heavy atom. The molecule has 3 aliphatic rings. The van der Waals surface area contributed by atoms with Crippen LogP contribution in [0, 0.1) is 5.92 Å². The minimum atomic E-state index is -0.686. The molecule has 34 heavy (non-hydrogen) atoms. The van der Waals surface area contributed by atoms with Crippen LogP contribution in [-0.2, 0) is 24.2 Å². The Balaban J connectivity index is 1.14. The number of fused-ring (bicyclic) bond motifs is 3. The van der Waals surface area contributed by atoms with Crippen LogP contribution in [0.3, 0.4) is 0 Å². The van der Waals surface area contributed by atoms with Gasteiger partial charge < -0.3 is 9.63 Å². The second-order valence-corrected chi connectivity index (χ2v) is 10.6. The van der Waals surface area contributed by atoms with Gasteiger partial charge in [-0.05, 0) is 73.3 Å². The number of nitrogens with zero attached hydrogens (tertiary/aromatic N) is 2. The van der Waals surface area contributed by atoms with Crippen molar-refractivity contribution < 1.29 is 14.4 Å². The van der Waals surface area contributed by atoms with Gasteiger partial charge in [-0.15, -0.1) is 0 Å². The van der Waals surface area contributed by atoms with Gasteiger partial charge in [0.15, 0.2) is 0 Å². The maximum Gasteiger partial charge on any atom is 0.309 e. The maximum absolute atomic E-state index is 11.0. The number of aliphatic carboxylic acids is 1. The van der Waals surface area contributed by atoms with E-state index in [1.165, 1.54) is 40.7 Å². The number of carboxylic acid groups (broad SMARTS) is 1. The molecule has 0 spiro atoms. The molecule has 1 saturated heterocycles. The second kappa shape index (κ2) is 8.86. The fourth-order valence-corrected chi connectivity index (χ4v) is 6.20. The van der Waals surface area contributed by atoms with E-state index in [-0.39, 0.29) is 5.92 Å². The largest absolute Gasteiger partial charge is 0.481 e. The van der Waals surface area contributed by atoms with E-state index in [1.807, 2.05) is 12.1 Å². The number of aromatic nitrogens is 1. The van der Waals surface area contributed by atoms with Gasteiger partial charge >= 0.3 is 5.97 Å². The molecule has 1 aliphatic heterocycles. The average Bonchev–Trinajstić information content (AvgIpc) is 3.26. The third kappa shape index (κ3) is 4.05. The second-order valence-electron chi connectivity index (χ2n) is 10.2. The van der Waals surface area contributed by atoms with Gasteiger partial charge in [0, 0.05) is 41.7 Å². The molecule has 0 radical (unpaired) electrons. The SMILES string of the molecule is O=C(O)C1CN(Cc2ccc3c(c2)CCc2c-3noc2C2CCC(c3ccc(Cl)cc3)CC2)C1. The minimum absolute atomic E-state index is 0.213. The van der Waals surface area contributed by atoms with E-state index >= 15 is 0 Å². The number of aryl methyl sites for hydroxylation is 1. The molecule has 2 aliphatic carbocycles. The van der Waals surface area contributed by atoms with Crippen LogP contribution in [0.1, 0.15) is 65.5 Å². The highest BCUT2D eigenvalue weighted by Crippen LogP contribution is 2.45. The van der Waals surface area contributed by atoms with Crippen molar-refractivity contribution in [1.29, 1.82) is 0 Å². The summed E-state index contributed by atoms with van der Waals surface area (Å²) in [6.45, 7) is 2.10. The number of halogens is 1. The Labute approximate surface area is 204 Å². The zero-order valence-electron chi connectivity index (χ0n) is 19.2. The molecule has 1 N–H and O–H groups in total. The first-order valence-electron chi connectivity index (χ1n) is 12.4. The number of hydrogen-bond acceptors (Lipinski definition) is 4. The predicted molar refractivity (Wildman–Crippen MR) is 131 cm³/mol. The van der Waals surface area contributed by atoms with Gasteiger partial charge in [0.1, 0.15) is 11.5 Å². The van der Waals surface area contributed by atoms with Crippen LogP contribution in [0.2, 0.25) is 5.02 Å². The lowest BCUT2D eigenvalue weighted by Crippen LogP contribution is -2.49. The molecule has 0 bridgehead atoms. The summed E-state index contributed by atoms with van der Waals surface area (Å²) in [6, 6.07) is 14.9. The average molecular weight is 477 g/mol. The predicted octanol–water partition coefficient (Wildman–Crippen LogP) is 6.05. The van der Waals surface area contributed by atoms with Gasteiger partial charge in [-0.2, -0.15) is 0 Å². The lowest BCUT2D eigenvalue weighted by Gasteiger charge is -2.36. The molecule has 2 heterocycles. The monoisotopic (exact) mass is 476 g/mol. The Bertz CT molecular complexity index is 1200. The molecule has 1 saturated carbocycles. The first-order chi connectivity index (χ1) is 16.5. The van der Waals surface area contributed by atoms with Gasteiger partial charge in [0.25, 0.3) is 0 Å². The van der Waals surface area contributed by atoms with Gasteiger partial charge in [-0.25, -0.2) is 0 Å². The van der Waals surface area contributed by atoms with Crippen LogP contribution in [0.15, 0.2) is 47.0 Å². The molecule has 2 aromatic carbocycles. The van der Waals surface area contributed by atoms with Crippen LogP contribution in [0.4, 0.5) is 0 Å². The van der Waals surface area contributed by atoms with Crippen molar-refractivity contribution in [2.24, 2.45) is 5.92 Å². The topological polar surface area (TPSA) is 66.6 Å². The highest BCUT2D eigenvalue weighted by molar-refractivity contribution is 6.30. The Morgan fingerprint density at radius 3 is 2.50 bits per heavy atom. The van der Waals surface area contributed by atoms with Crippen molar-refractivity contribution in [3.05, 3.63) is 75.5 Å². The third-order valence-corrected chi connectivity index (χ3v) is 8.29. The quantitative estimate of drug-likeness (QED) is 0.485. The van der Waals surface area contributed by atoms with Crippen molar-refractivity contribution >= 4 is 17.6 Å². The number of carboxylic acids is 1. The molecule has 176 valence electrons. The van der Waals surface area contributed by atoms with Crippen LogP contribution in [-0.4, -0.2) is 34.2 Å². The van der Waals surface area contributed by atoms with E-state index in [4.69, 9.17) is 21.2 Å². The molecule has 1 aromatic heterocycles. The Morgan fingerprint density at radius 1 is 1.03 bits per heavy atom. The molecule has 6 heteroatoms. The van der Waals surface area contributed by atoms with Crippen molar-refractivity contribution in [3.63, 3.8) is 0 Å². The van der Waals surface area contributed by atoms with Crippen LogP contribution >= 0.6 is 11.6 Å². The van der Waals surface area contributed by atoms with Crippen LogP contribution < -0.4 is 0 Å². The van der Waals surface area contributed by atoms with E-state index < -0.39 is 5.97 Å². The number of benzene rings is 2. The van der Waals surface area contributed by atoms with Crippen LogP contribution in [0.25, 0.3) is 11.3 Å². The summed E-state index contributed by atoms with van der Waals surface area (Å²) in [5.41, 5.74) is 7.49. The normalized spacial score (nSPS) is 22.6. The van der Waals surface area contributed by atoms with E-state index in [1.54, 1.807) is 0 Å². The van der Waals surface area contributed by atoms with Crippen molar-refractivity contribution in [2.45, 2.75) is 56.9 Å². The summed E-state index contributed by atoms with van der Waals surface area (Å²) in [5.74, 6) is 1.27. The van der Waals surface area contributed by atoms with Gasteiger partial charge in [-0.1, -0.05) is 47.1 Å². The maximum atomic E-state index is 11.0. The number of likely N-dealkylation sites (tertiary alicyclic amines) is 1. The Kier molecular flexibility index (Phi) is 5.70. The molecule has 6 rings (SSSR count). The zero-order chi connectivity index (χ0) is 23.2. The number of carbonyl (C=O) groups is 1. The standard InChI is InChI=1S/C28H29ClN2O3/c29-23-9-6-19(7-10-23)18-2-4-20(5-3-18)27-25-12-8-21-13-17(1-11-24(21)26(25)30-34-27)14-31-15-22(16-31)28(32)33/h1,6-7,9-11,13,18,20,22H,2-5,8,12,14-16H2,(H,32,33). The molecule has 5 nitrogen and oxygen atoms in total. The van der Waals surface area contributed by atoms with Gasteiger partial charge in [0.2, 0.25) is 0 Å². The molecule has 2 fully saturated rings. The molecular formula is C28H29ClN2O3. The molecular weight excluding hydrogens is 448 g/mol. The Hall–Kier alpha value is -2.63. The summed E-state index contributed by atoms with van der Waals surface area (Å²) in [6.07, 6.45) is 6.58. The van der Waals surface area contributed by atoms with Gasteiger partial charge in [0.05, 0.1) is 5.92 Å². The van der Waals surface area contributed by atoms with Crippen molar-refractivity contribution in [2.75, 3.05) is 13.1 Å².